The first-order chi connectivity index (χ1) is 8.19. The third-order valence-electron chi connectivity index (χ3n) is 4.40. The highest BCUT2D eigenvalue weighted by Crippen LogP contribution is 2.40. The summed E-state index contributed by atoms with van der Waals surface area (Å²) in [6.45, 7) is 8.93. The largest absolute Gasteiger partial charge is 0.392 e. The molecule has 1 aliphatic carbocycles. The molecule has 1 amide bonds. The minimum absolute atomic E-state index is 0.0880. The number of hydrogen-bond acceptors (Lipinski definition) is 3. The Morgan fingerprint density at radius 1 is 1.44 bits per heavy atom. The maximum absolute atomic E-state index is 11.9. The molecule has 2 unspecified atom stereocenters. The molecule has 2 atom stereocenters. The Hall–Kier alpha value is -0.610. The normalized spacial score (nSPS) is 26.6. The minimum Gasteiger partial charge on any atom is -0.392 e. The molecule has 1 saturated carbocycles. The molecule has 1 rings (SSSR count). The van der Waals surface area contributed by atoms with Crippen molar-refractivity contribution in [3.05, 3.63) is 0 Å². The highest BCUT2D eigenvalue weighted by molar-refractivity contribution is 5.76. The van der Waals surface area contributed by atoms with Crippen molar-refractivity contribution in [2.75, 3.05) is 6.54 Å². The van der Waals surface area contributed by atoms with Gasteiger partial charge in [-0.25, -0.2) is 0 Å². The summed E-state index contributed by atoms with van der Waals surface area (Å²) in [5, 5.41) is 12.6. The van der Waals surface area contributed by atoms with Crippen molar-refractivity contribution < 1.29 is 9.90 Å². The van der Waals surface area contributed by atoms with Gasteiger partial charge in [-0.1, -0.05) is 27.7 Å². The zero-order valence-electron chi connectivity index (χ0n) is 12.1. The lowest BCUT2D eigenvalue weighted by atomic mass is 9.64. The average Bonchev–Trinajstić information content (AvgIpc) is 2.26. The van der Waals surface area contributed by atoms with E-state index in [0.29, 0.717) is 19.4 Å². The van der Waals surface area contributed by atoms with E-state index in [-0.39, 0.29) is 28.9 Å². The standard InChI is InChI=1S/C14H28N2O2/c1-13(2,7-8-15)6-5-12(18)16-10-9-11(17)14(10,3)4/h10-11,17H,5-9,15H2,1-4H3,(H,16,18). The molecule has 4 N–H and O–H groups in total. The summed E-state index contributed by atoms with van der Waals surface area (Å²) in [5.74, 6) is 0.0880. The molecular formula is C14H28N2O2. The van der Waals surface area contributed by atoms with Gasteiger partial charge in [0.2, 0.25) is 5.91 Å². The molecule has 0 heterocycles. The van der Waals surface area contributed by atoms with E-state index in [1.807, 2.05) is 13.8 Å². The Labute approximate surface area is 110 Å². The molecule has 4 heteroatoms. The molecule has 0 bridgehead atoms. The Morgan fingerprint density at radius 3 is 2.50 bits per heavy atom. The Bertz CT molecular complexity index is 300. The van der Waals surface area contributed by atoms with Gasteiger partial charge in [-0.2, -0.15) is 0 Å². The predicted molar refractivity (Wildman–Crippen MR) is 73.0 cm³/mol. The fourth-order valence-electron chi connectivity index (χ4n) is 2.38. The molecule has 0 aliphatic heterocycles. The molecule has 4 nitrogen and oxygen atoms in total. The van der Waals surface area contributed by atoms with Crippen molar-refractivity contribution in [2.45, 2.75) is 65.5 Å². The maximum atomic E-state index is 11.9. The molecule has 1 aliphatic rings. The summed E-state index contributed by atoms with van der Waals surface area (Å²) in [7, 11) is 0. The van der Waals surface area contributed by atoms with E-state index in [1.54, 1.807) is 0 Å². The van der Waals surface area contributed by atoms with Crippen LogP contribution in [0.15, 0.2) is 0 Å². The van der Waals surface area contributed by atoms with Crippen LogP contribution >= 0.6 is 0 Å². The molecule has 18 heavy (non-hydrogen) atoms. The third-order valence-corrected chi connectivity index (χ3v) is 4.40. The molecule has 0 aromatic carbocycles. The zero-order valence-corrected chi connectivity index (χ0v) is 12.1. The molecule has 0 saturated heterocycles. The Balaban J connectivity index is 2.31. The van der Waals surface area contributed by atoms with Crippen molar-refractivity contribution in [2.24, 2.45) is 16.6 Å². The SMILES string of the molecule is CC(C)(CCN)CCC(=O)NC1CC(O)C1(C)C. The second kappa shape index (κ2) is 5.57. The zero-order chi connectivity index (χ0) is 14.0. The predicted octanol–water partition coefficient (Wildman–Crippen LogP) is 1.42. The van der Waals surface area contributed by atoms with Crippen LogP contribution in [0.25, 0.3) is 0 Å². The lowest BCUT2D eigenvalue weighted by molar-refractivity contribution is -0.129. The van der Waals surface area contributed by atoms with Gasteiger partial charge in [-0.15, -0.1) is 0 Å². The number of rotatable bonds is 6. The van der Waals surface area contributed by atoms with Crippen LogP contribution in [-0.4, -0.2) is 29.7 Å². The molecular weight excluding hydrogens is 228 g/mol. The first-order valence-electron chi connectivity index (χ1n) is 6.86. The van der Waals surface area contributed by atoms with Gasteiger partial charge >= 0.3 is 0 Å². The smallest absolute Gasteiger partial charge is 0.220 e. The van der Waals surface area contributed by atoms with Crippen molar-refractivity contribution in [1.82, 2.24) is 5.32 Å². The first kappa shape index (κ1) is 15.4. The number of aliphatic hydroxyl groups excluding tert-OH is 1. The van der Waals surface area contributed by atoms with Gasteiger partial charge in [-0.3, -0.25) is 4.79 Å². The Kier molecular flexibility index (Phi) is 4.78. The van der Waals surface area contributed by atoms with Crippen LogP contribution in [0.5, 0.6) is 0 Å². The van der Waals surface area contributed by atoms with Crippen LogP contribution in [0.4, 0.5) is 0 Å². The molecule has 0 spiro atoms. The second-order valence-electron chi connectivity index (χ2n) is 6.90. The average molecular weight is 256 g/mol. The monoisotopic (exact) mass is 256 g/mol. The van der Waals surface area contributed by atoms with Crippen LogP contribution in [-0.2, 0) is 4.79 Å². The van der Waals surface area contributed by atoms with Gasteiger partial charge in [0, 0.05) is 17.9 Å². The first-order valence-corrected chi connectivity index (χ1v) is 6.86. The van der Waals surface area contributed by atoms with Crippen molar-refractivity contribution in [3.8, 4) is 0 Å². The quantitative estimate of drug-likeness (QED) is 0.672. The van der Waals surface area contributed by atoms with E-state index >= 15 is 0 Å². The van der Waals surface area contributed by atoms with E-state index in [2.05, 4.69) is 19.2 Å². The number of aliphatic hydroxyl groups is 1. The van der Waals surface area contributed by atoms with Crippen molar-refractivity contribution in [3.63, 3.8) is 0 Å². The summed E-state index contributed by atoms with van der Waals surface area (Å²) >= 11 is 0. The summed E-state index contributed by atoms with van der Waals surface area (Å²) in [4.78, 5) is 11.9. The molecule has 0 radical (unpaired) electrons. The highest BCUT2D eigenvalue weighted by atomic mass is 16.3. The lowest BCUT2D eigenvalue weighted by Crippen LogP contribution is -2.61. The molecule has 0 aromatic heterocycles. The molecule has 1 fully saturated rings. The van der Waals surface area contributed by atoms with Crippen LogP contribution in [0.2, 0.25) is 0 Å². The van der Waals surface area contributed by atoms with Crippen molar-refractivity contribution in [1.29, 1.82) is 0 Å². The van der Waals surface area contributed by atoms with Crippen molar-refractivity contribution >= 4 is 5.91 Å². The van der Waals surface area contributed by atoms with E-state index in [4.69, 9.17) is 5.73 Å². The minimum atomic E-state index is -0.295. The highest BCUT2D eigenvalue weighted by Gasteiger charge is 2.47. The second-order valence-corrected chi connectivity index (χ2v) is 6.90. The van der Waals surface area contributed by atoms with E-state index in [9.17, 15) is 9.90 Å². The van der Waals surface area contributed by atoms with Gasteiger partial charge in [0.1, 0.15) is 0 Å². The molecule has 106 valence electrons. The number of amides is 1. The topological polar surface area (TPSA) is 75.4 Å². The summed E-state index contributed by atoms with van der Waals surface area (Å²) in [5.41, 5.74) is 5.49. The summed E-state index contributed by atoms with van der Waals surface area (Å²) in [6, 6.07) is 0.109. The fraction of sp³-hybridized carbons (Fsp3) is 0.929. The van der Waals surface area contributed by atoms with Gasteiger partial charge in [-0.05, 0) is 31.2 Å². The number of nitrogens with one attached hydrogen (secondary N) is 1. The van der Waals surface area contributed by atoms with Gasteiger partial charge in [0.05, 0.1) is 6.10 Å². The van der Waals surface area contributed by atoms with E-state index in [0.717, 1.165) is 12.8 Å². The molecule has 0 aromatic rings. The fourth-order valence-corrected chi connectivity index (χ4v) is 2.38. The number of carbonyl (C=O) groups is 1. The van der Waals surface area contributed by atoms with Crippen LogP contribution < -0.4 is 11.1 Å². The van der Waals surface area contributed by atoms with Gasteiger partial charge < -0.3 is 16.2 Å². The van der Waals surface area contributed by atoms with Crippen LogP contribution in [0.3, 0.4) is 0 Å². The van der Waals surface area contributed by atoms with Crippen LogP contribution in [0, 0.1) is 10.8 Å². The number of carbonyl (C=O) groups excluding carboxylic acids is 1. The Morgan fingerprint density at radius 2 is 2.06 bits per heavy atom. The lowest BCUT2D eigenvalue weighted by Gasteiger charge is -2.49. The summed E-state index contributed by atoms with van der Waals surface area (Å²) < 4.78 is 0. The number of hydrogen-bond donors (Lipinski definition) is 3. The van der Waals surface area contributed by atoms with Gasteiger partial charge in [0.25, 0.3) is 0 Å². The van der Waals surface area contributed by atoms with E-state index in [1.165, 1.54) is 0 Å². The van der Waals surface area contributed by atoms with Gasteiger partial charge in [0.15, 0.2) is 0 Å². The number of nitrogens with two attached hydrogens (primary N) is 1. The van der Waals surface area contributed by atoms with E-state index < -0.39 is 0 Å². The third kappa shape index (κ3) is 3.69. The maximum Gasteiger partial charge on any atom is 0.220 e. The van der Waals surface area contributed by atoms with Crippen LogP contribution in [0.1, 0.15) is 53.4 Å². The summed E-state index contributed by atoms with van der Waals surface area (Å²) in [6.07, 6.45) is 2.71.